The van der Waals surface area contributed by atoms with Crippen molar-refractivity contribution in [2.45, 2.75) is 50.8 Å². The van der Waals surface area contributed by atoms with E-state index in [9.17, 15) is 4.79 Å². The summed E-state index contributed by atoms with van der Waals surface area (Å²) in [7, 11) is 1.64. The molecule has 3 N–H and O–H groups in total. The van der Waals surface area contributed by atoms with Gasteiger partial charge in [-0.25, -0.2) is 0 Å². The molecule has 0 radical (unpaired) electrons. The minimum Gasteiger partial charge on any atom is -0.493 e. The van der Waals surface area contributed by atoms with Gasteiger partial charge in [-0.05, 0) is 55.4 Å². The SMILES string of the molecule is COc1ccc(CNC(=O)[C@@H](N)Cc2ccccc2)cc1OC1CCCC1.Cl. The lowest BCUT2D eigenvalue weighted by Crippen LogP contribution is -2.41. The Labute approximate surface area is 173 Å². The molecule has 0 spiro atoms. The van der Waals surface area contributed by atoms with Gasteiger partial charge in [0.25, 0.3) is 0 Å². The predicted molar refractivity (Wildman–Crippen MR) is 113 cm³/mol. The van der Waals surface area contributed by atoms with Crippen molar-refractivity contribution in [3.8, 4) is 11.5 Å². The number of amides is 1. The molecule has 3 rings (SSSR count). The van der Waals surface area contributed by atoms with E-state index in [2.05, 4.69) is 5.32 Å². The van der Waals surface area contributed by atoms with Gasteiger partial charge < -0.3 is 20.5 Å². The molecule has 5 nitrogen and oxygen atoms in total. The van der Waals surface area contributed by atoms with Crippen molar-refractivity contribution < 1.29 is 14.3 Å². The largest absolute Gasteiger partial charge is 0.493 e. The molecule has 2 aromatic carbocycles. The molecule has 0 aliphatic heterocycles. The van der Waals surface area contributed by atoms with Crippen molar-refractivity contribution in [2.24, 2.45) is 5.73 Å². The van der Waals surface area contributed by atoms with Crippen LogP contribution in [0.15, 0.2) is 48.5 Å². The molecule has 1 atom stereocenters. The summed E-state index contributed by atoms with van der Waals surface area (Å²) in [5.74, 6) is 1.30. The Morgan fingerprint density at radius 2 is 1.82 bits per heavy atom. The van der Waals surface area contributed by atoms with Crippen LogP contribution in [0.4, 0.5) is 0 Å². The summed E-state index contributed by atoms with van der Waals surface area (Å²) in [6.07, 6.45) is 5.36. The van der Waals surface area contributed by atoms with Crippen LogP contribution in [0.3, 0.4) is 0 Å². The molecule has 0 aromatic heterocycles. The van der Waals surface area contributed by atoms with E-state index in [0.29, 0.717) is 13.0 Å². The monoisotopic (exact) mass is 404 g/mol. The Kier molecular flexibility index (Phi) is 8.61. The molecular weight excluding hydrogens is 376 g/mol. The van der Waals surface area contributed by atoms with Crippen LogP contribution in [0, 0.1) is 0 Å². The van der Waals surface area contributed by atoms with Crippen LogP contribution in [0.25, 0.3) is 0 Å². The number of rotatable bonds is 8. The number of methoxy groups -OCH3 is 1. The fourth-order valence-electron chi connectivity index (χ4n) is 3.39. The molecule has 1 aliphatic carbocycles. The van der Waals surface area contributed by atoms with Gasteiger partial charge in [0.2, 0.25) is 5.91 Å². The van der Waals surface area contributed by atoms with Crippen molar-refractivity contribution in [1.29, 1.82) is 0 Å². The normalized spacial score (nSPS) is 14.8. The third-order valence-corrected chi connectivity index (χ3v) is 4.93. The van der Waals surface area contributed by atoms with Gasteiger partial charge in [-0.3, -0.25) is 4.79 Å². The van der Waals surface area contributed by atoms with E-state index in [1.165, 1.54) is 12.8 Å². The Balaban J connectivity index is 0.00000280. The van der Waals surface area contributed by atoms with E-state index in [-0.39, 0.29) is 24.4 Å². The molecule has 28 heavy (non-hydrogen) atoms. The van der Waals surface area contributed by atoms with Crippen LogP contribution in [0.2, 0.25) is 0 Å². The fraction of sp³-hybridized carbons (Fsp3) is 0.409. The first kappa shape index (κ1) is 22.1. The van der Waals surface area contributed by atoms with Crippen molar-refractivity contribution in [3.05, 3.63) is 59.7 Å². The number of nitrogens with two attached hydrogens (primary N) is 1. The summed E-state index contributed by atoms with van der Waals surface area (Å²) >= 11 is 0. The topological polar surface area (TPSA) is 73.6 Å². The zero-order chi connectivity index (χ0) is 19.1. The highest BCUT2D eigenvalue weighted by Crippen LogP contribution is 2.32. The lowest BCUT2D eigenvalue weighted by atomic mass is 10.1. The molecule has 1 fully saturated rings. The third kappa shape index (κ3) is 6.14. The summed E-state index contributed by atoms with van der Waals surface area (Å²) in [4.78, 5) is 12.3. The van der Waals surface area contributed by atoms with Crippen LogP contribution in [0.1, 0.15) is 36.8 Å². The molecule has 0 saturated heterocycles. The summed E-state index contributed by atoms with van der Waals surface area (Å²) < 4.78 is 11.5. The molecule has 0 heterocycles. The maximum atomic E-state index is 12.3. The van der Waals surface area contributed by atoms with Gasteiger partial charge in [-0.1, -0.05) is 36.4 Å². The van der Waals surface area contributed by atoms with Crippen LogP contribution in [-0.2, 0) is 17.8 Å². The Bertz CT molecular complexity index is 749. The van der Waals surface area contributed by atoms with E-state index in [1.54, 1.807) is 7.11 Å². The van der Waals surface area contributed by atoms with Gasteiger partial charge in [0, 0.05) is 6.54 Å². The van der Waals surface area contributed by atoms with E-state index >= 15 is 0 Å². The molecule has 1 saturated carbocycles. The molecule has 152 valence electrons. The maximum absolute atomic E-state index is 12.3. The van der Waals surface area contributed by atoms with E-state index in [1.807, 2.05) is 48.5 Å². The number of hydrogen-bond acceptors (Lipinski definition) is 4. The first-order chi connectivity index (χ1) is 13.2. The smallest absolute Gasteiger partial charge is 0.237 e. The van der Waals surface area contributed by atoms with Crippen LogP contribution in [-0.4, -0.2) is 25.2 Å². The van der Waals surface area contributed by atoms with E-state index < -0.39 is 6.04 Å². The number of benzene rings is 2. The quantitative estimate of drug-likeness (QED) is 0.704. The Morgan fingerprint density at radius 1 is 1.11 bits per heavy atom. The number of nitrogens with one attached hydrogen (secondary N) is 1. The van der Waals surface area contributed by atoms with Crippen LogP contribution < -0.4 is 20.5 Å². The maximum Gasteiger partial charge on any atom is 0.237 e. The number of halogens is 1. The highest BCUT2D eigenvalue weighted by atomic mass is 35.5. The Morgan fingerprint density at radius 3 is 2.50 bits per heavy atom. The fourth-order valence-corrected chi connectivity index (χ4v) is 3.39. The Hall–Kier alpha value is -2.24. The van der Waals surface area contributed by atoms with E-state index in [4.69, 9.17) is 15.2 Å². The first-order valence-electron chi connectivity index (χ1n) is 9.56. The third-order valence-electron chi connectivity index (χ3n) is 4.93. The molecule has 1 aliphatic rings. The van der Waals surface area contributed by atoms with Gasteiger partial charge in [-0.2, -0.15) is 0 Å². The van der Waals surface area contributed by atoms with Crippen molar-refractivity contribution in [1.82, 2.24) is 5.32 Å². The standard InChI is InChI=1S/C22H28N2O3.ClH/c1-26-20-12-11-17(14-21(20)27-18-9-5-6-10-18)15-24-22(25)19(23)13-16-7-3-2-4-8-16;/h2-4,7-8,11-12,14,18-19H,5-6,9-10,13,15,23H2,1H3,(H,24,25);1H/t19-;/m0./s1. The number of ether oxygens (including phenoxy) is 2. The van der Waals surface area contributed by atoms with Gasteiger partial charge >= 0.3 is 0 Å². The van der Waals surface area contributed by atoms with Crippen molar-refractivity contribution >= 4 is 18.3 Å². The minimum absolute atomic E-state index is 0. The van der Waals surface area contributed by atoms with Crippen molar-refractivity contribution in [2.75, 3.05) is 7.11 Å². The molecule has 0 bridgehead atoms. The molecular formula is C22H29ClN2O3. The van der Waals surface area contributed by atoms with Crippen LogP contribution in [0.5, 0.6) is 11.5 Å². The van der Waals surface area contributed by atoms with Gasteiger partial charge in [0.05, 0.1) is 19.3 Å². The average molecular weight is 405 g/mol. The summed E-state index contributed by atoms with van der Waals surface area (Å²) in [6, 6.07) is 15.0. The summed E-state index contributed by atoms with van der Waals surface area (Å²) in [6.45, 7) is 0.409. The molecule has 2 aromatic rings. The lowest BCUT2D eigenvalue weighted by Gasteiger charge is -2.17. The highest BCUT2D eigenvalue weighted by Gasteiger charge is 2.19. The second-order valence-electron chi connectivity index (χ2n) is 7.02. The minimum atomic E-state index is -0.570. The first-order valence-corrected chi connectivity index (χ1v) is 9.56. The number of hydrogen-bond donors (Lipinski definition) is 2. The van der Waals surface area contributed by atoms with Gasteiger partial charge in [0.15, 0.2) is 11.5 Å². The highest BCUT2D eigenvalue weighted by molar-refractivity contribution is 5.85. The zero-order valence-electron chi connectivity index (χ0n) is 16.2. The number of carbonyl (C=O) groups excluding carboxylic acids is 1. The van der Waals surface area contributed by atoms with Crippen LogP contribution >= 0.6 is 12.4 Å². The average Bonchev–Trinajstić information content (AvgIpc) is 3.20. The second kappa shape index (κ2) is 10.9. The van der Waals surface area contributed by atoms with Gasteiger partial charge in [-0.15, -0.1) is 12.4 Å². The molecule has 6 heteroatoms. The van der Waals surface area contributed by atoms with Crippen molar-refractivity contribution in [3.63, 3.8) is 0 Å². The lowest BCUT2D eigenvalue weighted by molar-refractivity contribution is -0.122. The molecule has 0 unspecified atom stereocenters. The summed E-state index contributed by atoms with van der Waals surface area (Å²) in [5.41, 5.74) is 8.06. The predicted octanol–water partition coefficient (Wildman–Crippen LogP) is 3.62. The zero-order valence-corrected chi connectivity index (χ0v) is 17.0. The van der Waals surface area contributed by atoms with E-state index in [0.717, 1.165) is 35.5 Å². The number of carbonyl (C=O) groups is 1. The molecule has 1 amide bonds. The summed E-state index contributed by atoms with van der Waals surface area (Å²) in [5, 5.41) is 2.92. The van der Waals surface area contributed by atoms with Gasteiger partial charge in [0.1, 0.15) is 0 Å². The second-order valence-corrected chi connectivity index (χ2v) is 7.02.